The van der Waals surface area contributed by atoms with E-state index < -0.39 is 34.3 Å². The molecule has 1 N–H and O–H groups in total. The second-order valence-electron chi connectivity index (χ2n) is 9.59. The lowest BCUT2D eigenvalue weighted by atomic mass is 10.1. The molecule has 0 fully saturated rings. The molecule has 7 nitrogen and oxygen atoms in total. The molecule has 0 spiro atoms. The van der Waals surface area contributed by atoms with Crippen molar-refractivity contribution in [2.45, 2.75) is 58.1 Å². The summed E-state index contributed by atoms with van der Waals surface area (Å²) >= 11 is 0. The van der Waals surface area contributed by atoms with Crippen LogP contribution in [0.2, 0.25) is 0 Å². The zero-order valence-electron chi connectivity index (χ0n) is 22.3. The fraction of sp³-hybridized carbons (Fsp3) is 0.310. The van der Waals surface area contributed by atoms with Crippen molar-refractivity contribution >= 4 is 27.5 Å². The maximum Gasteiger partial charge on any atom is 0.264 e. The first kappa shape index (κ1) is 28.8. The Bertz CT molecular complexity index is 1370. The molecule has 0 aliphatic rings. The van der Waals surface area contributed by atoms with Gasteiger partial charge >= 0.3 is 0 Å². The number of anilines is 1. The number of hydrogen-bond acceptors (Lipinski definition) is 4. The minimum absolute atomic E-state index is 0.122. The topological polar surface area (TPSA) is 86.8 Å². The van der Waals surface area contributed by atoms with Gasteiger partial charge in [-0.15, -0.1) is 0 Å². The molecule has 0 bridgehead atoms. The predicted octanol–water partition coefficient (Wildman–Crippen LogP) is 4.58. The van der Waals surface area contributed by atoms with Gasteiger partial charge in [-0.2, -0.15) is 0 Å². The highest BCUT2D eigenvalue weighted by molar-refractivity contribution is 7.92. The van der Waals surface area contributed by atoms with E-state index in [2.05, 4.69) is 5.32 Å². The van der Waals surface area contributed by atoms with Crippen LogP contribution in [-0.2, 0) is 26.2 Å². The third kappa shape index (κ3) is 6.98. The molecule has 0 saturated heterocycles. The molecule has 2 amide bonds. The number of carbonyl (C=O) groups excluding carboxylic acids is 2. The third-order valence-electron chi connectivity index (χ3n) is 6.20. The maximum absolute atomic E-state index is 13.9. The molecule has 0 aromatic heterocycles. The van der Waals surface area contributed by atoms with Crippen molar-refractivity contribution < 1.29 is 22.4 Å². The summed E-state index contributed by atoms with van der Waals surface area (Å²) in [4.78, 5) is 28.0. The normalized spacial score (nSPS) is 12.2. The van der Waals surface area contributed by atoms with Crippen molar-refractivity contribution in [2.24, 2.45) is 0 Å². The molecule has 0 heterocycles. The molecule has 9 heteroatoms. The summed E-state index contributed by atoms with van der Waals surface area (Å²) in [5, 5.41) is 2.83. The second-order valence-corrected chi connectivity index (χ2v) is 11.5. The number of sulfonamides is 1. The van der Waals surface area contributed by atoms with Gasteiger partial charge in [0.15, 0.2) is 0 Å². The highest BCUT2D eigenvalue weighted by Crippen LogP contribution is 2.25. The SMILES string of the molecule is Cc1ccc(N(CC(=O)N(Cc2ccccc2C)[C@H](C)C(=O)NC(C)C)S(=O)(=O)c2ccc(F)cc2)cc1. The van der Waals surface area contributed by atoms with Crippen LogP contribution in [0.25, 0.3) is 0 Å². The number of nitrogens with zero attached hydrogens (tertiary/aromatic N) is 2. The van der Waals surface area contributed by atoms with Gasteiger partial charge in [0.25, 0.3) is 10.0 Å². The lowest BCUT2D eigenvalue weighted by Gasteiger charge is -2.32. The van der Waals surface area contributed by atoms with E-state index in [0.29, 0.717) is 0 Å². The number of amides is 2. The number of halogens is 1. The first-order valence-corrected chi connectivity index (χ1v) is 13.8. The minimum atomic E-state index is -4.24. The van der Waals surface area contributed by atoms with Crippen LogP contribution in [0.3, 0.4) is 0 Å². The summed E-state index contributed by atoms with van der Waals surface area (Å²) in [7, 11) is -4.24. The van der Waals surface area contributed by atoms with E-state index in [1.165, 1.54) is 17.0 Å². The van der Waals surface area contributed by atoms with Crippen molar-refractivity contribution in [2.75, 3.05) is 10.8 Å². The van der Waals surface area contributed by atoms with E-state index in [4.69, 9.17) is 0 Å². The lowest BCUT2D eigenvalue weighted by Crippen LogP contribution is -2.52. The average Bonchev–Trinajstić information content (AvgIpc) is 2.86. The van der Waals surface area contributed by atoms with E-state index in [9.17, 15) is 22.4 Å². The molecule has 0 unspecified atom stereocenters. The Morgan fingerprint density at radius 2 is 1.50 bits per heavy atom. The van der Waals surface area contributed by atoms with E-state index in [0.717, 1.165) is 33.1 Å². The van der Waals surface area contributed by atoms with E-state index >= 15 is 0 Å². The maximum atomic E-state index is 13.9. The Kier molecular flexibility index (Phi) is 9.27. The average molecular weight is 540 g/mol. The van der Waals surface area contributed by atoms with Gasteiger partial charge in [0.2, 0.25) is 11.8 Å². The van der Waals surface area contributed by atoms with Crippen LogP contribution in [0.4, 0.5) is 10.1 Å². The van der Waals surface area contributed by atoms with Gasteiger partial charge < -0.3 is 10.2 Å². The predicted molar refractivity (Wildman–Crippen MR) is 147 cm³/mol. The van der Waals surface area contributed by atoms with Crippen LogP contribution < -0.4 is 9.62 Å². The van der Waals surface area contributed by atoms with Crippen LogP contribution in [0.15, 0.2) is 77.7 Å². The highest BCUT2D eigenvalue weighted by Gasteiger charge is 2.32. The molecule has 0 saturated carbocycles. The molecule has 38 heavy (non-hydrogen) atoms. The molecule has 3 aromatic rings. The summed E-state index contributed by atoms with van der Waals surface area (Å²) in [6, 6.07) is 17.7. The van der Waals surface area contributed by atoms with Crippen molar-refractivity contribution in [1.82, 2.24) is 10.2 Å². The number of benzene rings is 3. The van der Waals surface area contributed by atoms with Gasteiger partial charge in [-0.3, -0.25) is 13.9 Å². The molecule has 202 valence electrons. The zero-order valence-corrected chi connectivity index (χ0v) is 23.1. The second kappa shape index (κ2) is 12.2. The van der Waals surface area contributed by atoms with Crippen LogP contribution in [0, 0.1) is 19.7 Å². The summed E-state index contributed by atoms with van der Waals surface area (Å²) in [5.74, 6) is -1.47. The van der Waals surface area contributed by atoms with Crippen molar-refractivity contribution in [3.63, 3.8) is 0 Å². The molecule has 0 aliphatic heterocycles. The van der Waals surface area contributed by atoms with Crippen LogP contribution in [-0.4, -0.2) is 43.8 Å². The highest BCUT2D eigenvalue weighted by atomic mass is 32.2. The van der Waals surface area contributed by atoms with Gasteiger partial charge in [-0.25, -0.2) is 12.8 Å². The monoisotopic (exact) mass is 539 g/mol. The molecule has 3 rings (SSSR count). The first-order chi connectivity index (χ1) is 17.9. The largest absolute Gasteiger partial charge is 0.352 e. The Hall–Kier alpha value is -3.72. The number of carbonyl (C=O) groups is 2. The molecule has 0 aliphatic carbocycles. The number of rotatable bonds is 10. The van der Waals surface area contributed by atoms with Crippen LogP contribution >= 0.6 is 0 Å². The van der Waals surface area contributed by atoms with E-state index in [1.807, 2.05) is 52.0 Å². The Morgan fingerprint density at radius 3 is 2.08 bits per heavy atom. The smallest absolute Gasteiger partial charge is 0.264 e. The van der Waals surface area contributed by atoms with Gasteiger partial charge in [0.1, 0.15) is 18.4 Å². The zero-order chi connectivity index (χ0) is 28.0. The molecule has 1 atom stereocenters. The lowest BCUT2D eigenvalue weighted by molar-refractivity contribution is -0.139. The Labute approximate surface area is 224 Å². The Morgan fingerprint density at radius 1 is 0.895 bits per heavy atom. The van der Waals surface area contributed by atoms with Crippen molar-refractivity contribution in [1.29, 1.82) is 0 Å². The van der Waals surface area contributed by atoms with Gasteiger partial charge in [-0.05, 0) is 82.1 Å². The van der Waals surface area contributed by atoms with E-state index in [-0.39, 0.29) is 29.1 Å². The quantitative estimate of drug-likeness (QED) is 0.409. The van der Waals surface area contributed by atoms with Crippen molar-refractivity contribution in [3.8, 4) is 0 Å². The van der Waals surface area contributed by atoms with Gasteiger partial charge in [-0.1, -0.05) is 42.0 Å². The summed E-state index contributed by atoms with van der Waals surface area (Å²) in [6.45, 7) is 8.63. The third-order valence-corrected chi connectivity index (χ3v) is 7.99. The number of aryl methyl sites for hydroxylation is 2. The first-order valence-electron chi connectivity index (χ1n) is 12.4. The number of nitrogens with one attached hydrogen (secondary N) is 1. The van der Waals surface area contributed by atoms with E-state index in [1.54, 1.807) is 31.2 Å². The summed E-state index contributed by atoms with van der Waals surface area (Å²) in [5.41, 5.74) is 2.98. The molecule has 0 radical (unpaired) electrons. The molecular weight excluding hydrogens is 505 g/mol. The van der Waals surface area contributed by atoms with Crippen LogP contribution in [0.1, 0.15) is 37.5 Å². The number of hydrogen-bond donors (Lipinski definition) is 1. The fourth-order valence-electron chi connectivity index (χ4n) is 3.93. The fourth-order valence-corrected chi connectivity index (χ4v) is 5.35. The standard InChI is InChI=1S/C29H34FN3O4S/c1-20(2)31-29(35)23(5)32(18-24-9-7-6-8-22(24)4)28(34)19-33(26-14-10-21(3)11-15-26)38(36,37)27-16-12-25(30)13-17-27/h6-17,20,23H,18-19H2,1-5H3,(H,31,35)/t23-/m1/s1. The van der Waals surface area contributed by atoms with Gasteiger partial charge in [0.05, 0.1) is 10.6 Å². The van der Waals surface area contributed by atoms with Crippen molar-refractivity contribution in [3.05, 3.63) is 95.3 Å². The molecule has 3 aromatic carbocycles. The Balaban J connectivity index is 2.03. The summed E-state index contributed by atoms with van der Waals surface area (Å²) < 4.78 is 42.0. The summed E-state index contributed by atoms with van der Waals surface area (Å²) in [6.07, 6.45) is 0. The minimum Gasteiger partial charge on any atom is -0.352 e. The van der Waals surface area contributed by atoms with Gasteiger partial charge in [0, 0.05) is 12.6 Å². The molecular formula is C29H34FN3O4S. The van der Waals surface area contributed by atoms with Crippen LogP contribution in [0.5, 0.6) is 0 Å².